The largest absolute Gasteiger partial charge is 0.361 e. The lowest BCUT2D eigenvalue weighted by Gasteiger charge is -2.10. The average molecular weight is 379 g/mol. The summed E-state index contributed by atoms with van der Waals surface area (Å²) in [6, 6.07) is 8.99. The SMILES string of the molecule is Cc1c(-c2cc(Cl)c3cnc(NC(=O)C4CC4C#N)cc3c2)[nH]ccc1=O. The lowest BCUT2D eigenvalue weighted by molar-refractivity contribution is -0.117. The molecule has 0 bridgehead atoms. The molecule has 1 aliphatic rings. The lowest BCUT2D eigenvalue weighted by Crippen LogP contribution is -2.15. The Hall–Kier alpha value is -3.17. The summed E-state index contributed by atoms with van der Waals surface area (Å²) < 4.78 is 0. The fourth-order valence-electron chi connectivity index (χ4n) is 3.13. The fraction of sp³-hybridized carbons (Fsp3) is 0.200. The second-order valence-corrected chi connectivity index (χ2v) is 7.06. The Morgan fingerprint density at radius 1 is 1.41 bits per heavy atom. The molecule has 4 rings (SSSR count). The van der Waals surface area contributed by atoms with Gasteiger partial charge in [-0.15, -0.1) is 0 Å². The number of nitrogens with zero attached hydrogens (tertiary/aromatic N) is 2. The van der Waals surface area contributed by atoms with Gasteiger partial charge in [0.05, 0.1) is 28.6 Å². The molecule has 0 aliphatic heterocycles. The number of hydrogen-bond donors (Lipinski definition) is 2. The van der Waals surface area contributed by atoms with E-state index in [2.05, 4.69) is 21.4 Å². The highest BCUT2D eigenvalue weighted by Gasteiger charge is 2.43. The van der Waals surface area contributed by atoms with E-state index in [1.165, 1.54) is 6.07 Å². The zero-order chi connectivity index (χ0) is 19.1. The number of halogens is 1. The zero-order valence-electron chi connectivity index (χ0n) is 14.4. The summed E-state index contributed by atoms with van der Waals surface area (Å²) in [6.45, 7) is 1.76. The molecule has 134 valence electrons. The van der Waals surface area contributed by atoms with E-state index >= 15 is 0 Å². The molecule has 27 heavy (non-hydrogen) atoms. The van der Waals surface area contributed by atoms with E-state index in [0.717, 1.165) is 16.3 Å². The van der Waals surface area contributed by atoms with Gasteiger partial charge in [-0.25, -0.2) is 4.98 Å². The van der Waals surface area contributed by atoms with E-state index in [-0.39, 0.29) is 23.2 Å². The third-order valence-corrected chi connectivity index (χ3v) is 5.14. The van der Waals surface area contributed by atoms with E-state index in [4.69, 9.17) is 16.9 Å². The Kier molecular flexibility index (Phi) is 4.17. The van der Waals surface area contributed by atoms with Crippen LogP contribution in [0, 0.1) is 30.1 Å². The Morgan fingerprint density at radius 3 is 2.96 bits per heavy atom. The predicted octanol–water partition coefficient (Wildman–Crippen LogP) is 3.65. The van der Waals surface area contributed by atoms with Crippen LogP contribution >= 0.6 is 11.6 Å². The van der Waals surface area contributed by atoms with Gasteiger partial charge in [0, 0.05) is 35.0 Å². The summed E-state index contributed by atoms with van der Waals surface area (Å²) in [5, 5.41) is 13.7. The number of pyridine rings is 2. The second-order valence-electron chi connectivity index (χ2n) is 6.66. The first kappa shape index (κ1) is 17.3. The number of H-pyrrole nitrogens is 1. The van der Waals surface area contributed by atoms with E-state index < -0.39 is 0 Å². The maximum absolute atomic E-state index is 12.1. The summed E-state index contributed by atoms with van der Waals surface area (Å²) >= 11 is 6.41. The first-order chi connectivity index (χ1) is 13.0. The number of anilines is 1. The van der Waals surface area contributed by atoms with E-state index in [0.29, 0.717) is 28.5 Å². The van der Waals surface area contributed by atoms with Crippen LogP contribution in [0.5, 0.6) is 0 Å². The van der Waals surface area contributed by atoms with Crippen molar-refractivity contribution in [3.63, 3.8) is 0 Å². The average Bonchev–Trinajstić information content (AvgIpc) is 3.44. The molecule has 6 nitrogen and oxygen atoms in total. The van der Waals surface area contributed by atoms with Crippen LogP contribution in [0.1, 0.15) is 12.0 Å². The number of carbonyl (C=O) groups excluding carboxylic acids is 1. The minimum Gasteiger partial charge on any atom is -0.361 e. The fourth-order valence-corrected chi connectivity index (χ4v) is 3.40. The van der Waals surface area contributed by atoms with Gasteiger partial charge in [-0.05, 0) is 36.9 Å². The monoisotopic (exact) mass is 378 g/mol. The van der Waals surface area contributed by atoms with Gasteiger partial charge in [0.1, 0.15) is 5.82 Å². The van der Waals surface area contributed by atoms with Crippen molar-refractivity contribution in [2.45, 2.75) is 13.3 Å². The topological polar surface area (TPSA) is 98.6 Å². The van der Waals surface area contributed by atoms with Crippen molar-refractivity contribution in [3.05, 3.63) is 57.5 Å². The van der Waals surface area contributed by atoms with Gasteiger partial charge < -0.3 is 10.3 Å². The minimum absolute atomic E-state index is 0.0564. The van der Waals surface area contributed by atoms with Gasteiger partial charge in [-0.1, -0.05) is 11.6 Å². The first-order valence-corrected chi connectivity index (χ1v) is 8.84. The molecule has 0 saturated heterocycles. The van der Waals surface area contributed by atoms with Crippen molar-refractivity contribution in [3.8, 4) is 17.3 Å². The van der Waals surface area contributed by atoms with Crippen molar-refractivity contribution in [2.24, 2.45) is 11.8 Å². The van der Waals surface area contributed by atoms with Gasteiger partial charge in [-0.2, -0.15) is 5.26 Å². The number of hydrogen-bond acceptors (Lipinski definition) is 4. The van der Waals surface area contributed by atoms with Crippen molar-refractivity contribution in [1.82, 2.24) is 9.97 Å². The summed E-state index contributed by atoms with van der Waals surface area (Å²) in [6.07, 6.45) is 3.79. The summed E-state index contributed by atoms with van der Waals surface area (Å²) in [5.41, 5.74) is 2.02. The highest BCUT2D eigenvalue weighted by atomic mass is 35.5. The van der Waals surface area contributed by atoms with Crippen LogP contribution in [-0.4, -0.2) is 15.9 Å². The summed E-state index contributed by atoms with van der Waals surface area (Å²) in [5.74, 6) is -0.259. The molecule has 3 aromatic rings. The maximum Gasteiger partial charge on any atom is 0.230 e. The Morgan fingerprint density at radius 2 is 2.22 bits per heavy atom. The van der Waals surface area contributed by atoms with Gasteiger partial charge in [0.15, 0.2) is 5.43 Å². The third kappa shape index (κ3) is 3.18. The van der Waals surface area contributed by atoms with Gasteiger partial charge in [-0.3, -0.25) is 9.59 Å². The normalized spacial score (nSPS) is 18.1. The Labute approximate surface area is 159 Å². The number of nitrogens with one attached hydrogen (secondary N) is 2. The Balaban J connectivity index is 1.72. The Bertz CT molecular complexity index is 1180. The second kappa shape index (κ2) is 6.53. The quantitative estimate of drug-likeness (QED) is 0.726. The molecule has 2 N–H and O–H groups in total. The molecule has 0 spiro atoms. The van der Waals surface area contributed by atoms with Crippen LogP contribution in [0.25, 0.3) is 22.0 Å². The third-order valence-electron chi connectivity index (χ3n) is 4.83. The number of nitriles is 1. The number of aromatic nitrogens is 2. The molecule has 1 saturated carbocycles. The molecule has 1 aromatic carbocycles. The standard InChI is InChI=1S/C20H15ClN4O2/c1-10-17(26)2-3-23-19(10)12-4-11-7-18(24-9-15(11)16(21)6-12)25-20(27)14-5-13(14)8-22/h2-4,6-7,9,13-14H,5H2,1H3,(H,23,26)(H,24,25,27). The molecule has 2 heterocycles. The predicted molar refractivity (Wildman–Crippen MR) is 103 cm³/mol. The smallest absolute Gasteiger partial charge is 0.230 e. The zero-order valence-corrected chi connectivity index (χ0v) is 15.2. The van der Waals surface area contributed by atoms with Crippen LogP contribution in [-0.2, 0) is 4.79 Å². The summed E-state index contributed by atoms with van der Waals surface area (Å²) in [7, 11) is 0. The number of aromatic amines is 1. The van der Waals surface area contributed by atoms with Crippen LogP contribution in [0.3, 0.4) is 0 Å². The van der Waals surface area contributed by atoms with Crippen molar-refractivity contribution in [1.29, 1.82) is 5.26 Å². The van der Waals surface area contributed by atoms with E-state index in [1.807, 2.05) is 6.07 Å². The number of fused-ring (bicyclic) bond motifs is 1. The van der Waals surface area contributed by atoms with Crippen LogP contribution in [0.4, 0.5) is 5.82 Å². The highest BCUT2D eigenvalue weighted by Crippen LogP contribution is 2.38. The molecule has 2 unspecified atom stereocenters. The maximum atomic E-state index is 12.1. The van der Waals surface area contributed by atoms with Crippen molar-refractivity contribution in [2.75, 3.05) is 5.32 Å². The molecular weight excluding hydrogens is 364 g/mol. The highest BCUT2D eigenvalue weighted by molar-refractivity contribution is 6.36. The van der Waals surface area contributed by atoms with Gasteiger partial charge in [0.2, 0.25) is 5.91 Å². The van der Waals surface area contributed by atoms with E-state index in [9.17, 15) is 9.59 Å². The molecular formula is C20H15ClN4O2. The van der Waals surface area contributed by atoms with Crippen LogP contribution in [0.15, 0.2) is 41.5 Å². The van der Waals surface area contributed by atoms with Crippen molar-refractivity contribution < 1.29 is 4.79 Å². The number of amides is 1. The first-order valence-electron chi connectivity index (χ1n) is 8.46. The van der Waals surface area contributed by atoms with E-state index in [1.54, 1.807) is 31.5 Å². The summed E-state index contributed by atoms with van der Waals surface area (Å²) in [4.78, 5) is 31.4. The van der Waals surface area contributed by atoms with Crippen LogP contribution < -0.4 is 10.7 Å². The van der Waals surface area contributed by atoms with Crippen LogP contribution in [0.2, 0.25) is 5.02 Å². The number of rotatable bonds is 3. The molecule has 1 amide bonds. The molecule has 0 radical (unpaired) electrons. The lowest BCUT2D eigenvalue weighted by atomic mass is 10.0. The molecule has 2 aromatic heterocycles. The molecule has 1 fully saturated rings. The minimum atomic E-state index is -0.264. The molecule has 7 heteroatoms. The van der Waals surface area contributed by atoms with Gasteiger partial charge in [0.25, 0.3) is 0 Å². The number of benzene rings is 1. The van der Waals surface area contributed by atoms with Gasteiger partial charge >= 0.3 is 0 Å². The molecule has 2 atom stereocenters. The van der Waals surface area contributed by atoms with Crippen molar-refractivity contribution >= 4 is 34.1 Å². The molecule has 1 aliphatic carbocycles. The number of carbonyl (C=O) groups is 1.